The molecule has 2 heterocycles. The Balaban J connectivity index is 1.47. The van der Waals surface area contributed by atoms with Crippen molar-refractivity contribution in [3.05, 3.63) is 53.6 Å². The summed E-state index contributed by atoms with van der Waals surface area (Å²) in [7, 11) is 1.79. The van der Waals surface area contributed by atoms with Crippen molar-refractivity contribution in [3.8, 4) is 5.75 Å². The Labute approximate surface area is 152 Å². The molecular weight excluding hydrogens is 328 g/mol. The van der Waals surface area contributed by atoms with E-state index in [9.17, 15) is 4.79 Å². The van der Waals surface area contributed by atoms with Crippen LogP contribution in [0, 0.1) is 5.92 Å². The molecule has 1 amide bonds. The SMILES string of the molecule is CCOc1ccc2cc(C(=O)N(C)Cc3ccc([C@H]4C[C@@H]4C)o3)[nH]c2c1. The molecule has 0 aliphatic heterocycles. The highest BCUT2D eigenvalue weighted by molar-refractivity contribution is 5.98. The van der Waals surface area contributed by atoms with Gasteiger partial charge in [0.25, 0.3) is 5.91 Å². The minimum absolute atomic E-state index is 0.0584. The lowest BCUT2D eigenvalue weighted by molar-refractivity contribution is 0.0770. The third-order valence-corrected chi connectivity index (χ3v) is 5.03. The Morgan fingerprint density at radius 3 is 2.85 bits per heavy atom. The molecule has 1 aliphatic carbocycles. The maximum Gasteiger partial charge on any atom is 0.270 e. The van der Waals surface area contributed by atoms with Gasteiger partial charge in [-0.3, -0.25) is 4.79 Å². The number of nitrogens with zero attached hydrogens (tertiary/aromatic N) is 1. The summed E-state index contributed by atoms with van der Waals surface area (Å²) in [5.41, 5.74) is 1.47. The Kier molecular flexibility index (Phi) is 4.23. The van der Waals surface area contributed by atoms with E-state index in [1.54, 1.807) is 11.9 Å². The largest absolute Gasteiger partial charge is 0.494 e. The standard InChI is InChI=1S/C21H24N2O3/c1-4-25-15-6-5-14-10-19(22-18(14)11-15)21(24)23(3)12-16-7-8-20(26-16)17-9-13(17)2/h5-8,10-11,13,17,22H,4,9,12H2,1-3H3/t13-,17-/m0/s1. The van der Waals surface area contributed by atoms with Gasteiger partial charge in [-0.15, -0.1) is 0 Å². The van der Waals surface area contributed by atoms with E-state index in [4.69, 9.17) is 9.15 Å². The third-order valence-electron chi connectivity index (χ3n) is 5.03. The third kappa shape index (κ3) is 3.21. The fourth-order valence-electron chi connectivity index (χ4n) is 3.39. The summed E-state index contributed by atoms with van der Waals surface area (Å²) in [6, 6.07) is 11.7. The Morgan fingerprint density at radius 2 is 2.12 bits per heavy atom. The molecule has 2 aromatic heterocycles. The fourth-order valence-corrected chi connectivity index (χ4v) is 3.39. The van der Waals surface area contributed by atoms with E-state index in [0.717, 1.165) is 28.2 Å². The van der Waals surface area contributed by atoms with Gasteiger partial charge in [-0.1, -0.05) is 6.92 Å². The Hall–Kier alpha value is -2.69. The van der Waals surface area contributed by atoms with Gasteiger partial charge in [0.05, 0.1) is 13.2 Å². The molecule has 26 heavy (non-hydrogen) atoms. The molecule has 1 N–H and O–H groups in total. The molecule has 136 valence electrons. The zero-order valence-corrected chi connectivity index (χ0v) is 15.4. The van der Waals surface area contributed by atoms with Gasteiger partial charge in [-0.25, -0.2) is 0 Å². The number of hydrogen-bond acceptors (Lipinski definition) is 3. The van der Waals surface area contributed by atoms with Crippen molar-refractivity contribution in [2.24, 2.45) is 5.92 Å². The first kappa shape index (κ1) is 16.8. The molecule has 0 spiro atoms. The molecule has 1 fully saturated rings. The molecule has 1 aromatic carbocycles. The molecule has 2 atom stereocenters. The summed E-state index contributed by atoms with van der Waals surface area (Å²) >= 11 is 0. The van der Waals surface area contributed by atoms with Crippen LogP contribution >= 0.6 is 0 Å². The highest BCUT2D eigenvalue weighted by atomic mass is 16.5. The van der Waals surface area contributed by atoms with Gasteiger partial charge >= 0.3 is 0 Å². The molecule has 0 saturated heterocycles. The predicted octanol–water partition coefficient (Wildman–Crippen LogP) is 4.56. The number of hydrogen-bond donors (Lipinski definition) is 1. The number of ether oxygens (including phenoxy) is 1. The zero-order valence-electron chi connectivity index (χ0n) is 15.4. The number of carbonyl (C=O) groups excluding carboxylic acids is 1. The van der Waals surface area contributed by atoms with Crippen LogP contribution in [0.4, 0.5) is 0 Å². The molecule has 3 aromatic rings. The monoisotopic (exact) mass is 352 g/mol. The van der Waals surface area contributed by atoms with Gasteiger partial charge in [0.1, 0.15) is 23.0 Å². The molecule has 5 heteroatoms. The lowest BCUT2D eigenvalue weighted by Crippen LogP contribution is -2.26. The highest BCUT2D eigenvalue weighted by Crippen LogP contribution is 2.47. The normalized spacial score (nSPS) is 18.9. The van der Waals surface area contributed by atoms with Crippen molar-refractivity contribution in [3.63, 3.8) is 0 Å². The summed E-state index contributed by atoms with van der Waals surface area (Å²) in [6.07, 6.45) is 1.19. The minimum atomic E-state index is -0.0584. The average molecular weight is 352 g/mol. The topological polar surface area (TPSA) is 58.5 Å². The quantitative estimate of drug-likeness (QED) is 0.708. The second kappa shape index (κ2) is 6.56. The summed E-state index contributed by atoms with van der Waals surface area (Å²) in [5.74, 6) is 3.87. The lowest BCUT2D eigenvalue weighted by Gasteiger charge is -2.14. The number of H-pyrrole nitrogens is 1. The van der Waals surface area contributed by atoms with Crippen molar-refractivity contribution in [2.75, 3.05) is 13.7 Å². The molecule has 1 saturated carbocycles. The molecular formula is C21H24N2O3. The summed E-state index contributed by atoms with van der Waals surface area (Å²) in [5, 5.41) is 0.994. The first-order valence-corrected chi connectivity index (χ1v) is 9.14. The minimum Gasteiger partial charge on any atom is -0.494 e. The molecule has 4 rings (SSSR count). The van der Waals surface area contributed by atoms with Gasteiger partial charge in [0.15, 0.2) is 0 Å². The van der Waals surface area contributed by atoms with Crippen LogP contribution in [0.2, 0.25) is 0 Å². The maximum atomic E-state index is 12.8. The second-order valence-electron chi connectivity index (χ2n) is 7.15. The van der Waals surface area contributed by atoms with E-state index in [2.05, 4.69) is 11.9 Å². The Morgan fingerprint density at radius 1 is 1.31 bits per heavy atom. The molecule has 1 aliphatic rings. The van der Waals surface area contributed by atoms with Crippen molar-refractivity contribution in [2.45, 2.75) is 32.7 Å². The molecule has 5 nitrogen and oxygen atoms in total. The van der Waals surface area contributed by atoms with Crippen LogP contribution in [0.1, 0.15) is 48.2 Å². The number of amides is 1. The number of benzene rings is 1. The van der Waals surface area contributed by atoms with E-state index in [0.29, 0.717) is 30.7 Å². The number of aromatic amines is 1. The number of carbonyl (C=O) groups is 1. The van der Waals surface area contributed by atoms with Gasteiger partial charge < -0.3 is 19.0 Å². The highest BCUT2D eigenvalue weighted by Gasteiger charge is 2.36. The van der Waals surface area contributed by atoms with Crippen LogP contribution in [0.15, 0.2) is 40.8 Å². The van der Waals surface area contributed by atoms with Crippen molar-refractivity contribution in [1.29, 1.82) is 0 Å². The van der Waals surface area contributed by atoms with Crippen molar-refractivity contribution >= 4 is 16.8 Å². The zero-order chi connectivity index (χ0) is 18.3. The van der Waals surface area contributed by atoms with Gasteiger partial charge in [-0.05, 0) is 49.6 Å². The molecule has 0 unspecified atom stereocenters. The number of nitrogens with one attached hydrogen (secondary N) is 1. The van der Waals surface area contributed by atoms with E-state index < -0.39 is 0 Å². The Bertz CT molecular complexity index is 940. The van der Waals surface area contributed by atoms with Gasteiger partial charge in [-0.2, -0.15) is 0 Å². The summed E-state index contributed by atoms with van der Waals surface area (Å²) < 4.78 is 11.4. The number of aromatic nitrogens is 1. The van der Waals surface area contributed by atoms with Gasteiger partial charge in [0, 0.05) is 29.9 Å². The predicted molar refractivity (Wildman–Crippen MR) is 100 cm³/mol. The van der Waals surface area contributed by atoms with Crippen molar-refractivity contribution < 1.29 is 13.9 Å². The first-order valence-electron chi connectivity index (χ1n) is 9.14. The molecule has 0 radical (unpaired) electrons. The van der Waals surface area contributed by atoms with Crippen LogP contribution in [0.5, 0.6) is 5.75 Å². The fraction of sp³-hybridized carbons (Fsp3) is 0.381. The van der Waals surface area contributed by atoms with E-state index in [-0.39, 0.29) is 5.91 Å². The first-order chi connectivity index (χ1) is 12.5. The van der Waals surface area contributed by atoms with Crippen LogP contribution in [0.25, 0.3) is 10.9 Å². The van der Waals surface area contributed by atoms with E-state index in [1.165, 1.54) is 6.42 Å². The number of rotatable bonds is 6. The van der Waals surface area contributed by atoms with Crippen LogP contribution in [-0.4, -0.2) is 29.4 Å². The number of fused-ring (bicyclic) bond motifs is 1. The van der Waals surface area contributed by atoms with Crippen LogP contribution < -0.4 is 4.74 Å². The van der Waals surface area contributed by atoms with Gasteiger partial charge in [0.2, 0.25) is 0 Å². The van der Waals surface area contributed by atoms with Crippen LogP contribution in [0.3, 0.4) is 0 Å². The maximum absolute atomic E-state index is 12.8. The number of furan rings is 1. The lowest BCUT2D eigenvalue weighted by atomic mass is 10.2. The smallest absolute Gasteiger partial charge is 0.270 e. The molecule has 0 bridgehead atoms. The van der Waals surface area contributed by atoms with Crippen LogP contribution in [-0.2, 0) is 6.54 Å². The van der Waals surface area contributed by atoms with Crippen molar-refractivity contribution in [1.82, 2.24) is 9.88 Å². The average Bonchev–Trinajstić information content (AvgIpc) is 3.02. The second-order valence-corrected chi connectivity index (χ2v) is 7.15. The summed E-state index contributed by atoms with van der Waals surface area (Å²) in [6.45, 7) is 5.26. The summed E-state index contributed by atoms with van der Waals surface area (Å²) in [4.78, 5) is 17.6. The van der Waals surface area contributed by atoms with E-state index >= 15 is 0 Å². The van der Waals surface area contributed by atoms with E-state index in [1.807, 2.05) is 43.3 Å².